The summed E-state index contributed by atoms with van der Waals surface area (Å²) in [6.45, 7) is 0. The van der Waals surface area contributed by atoms with Crippen LogP contribution in [0.1, 0.15) is 51.4 Å². The van der Waals surface area contributed by atoms with Gasteiger partial charge in [-0.05, 0) is 144 Å². The summed E-state index contributed by atoms with van der Waals surface area (Å²) < 4.78 is 0. The highest BCUT2D eigenvalue weighted by molar-refractivity contribution is 5.60. The van der Waals surface area contributed by atoms with Crippen molar-refractivity contribution < 1.29 is 0 Å². The van der Waals surface area contributed by atoms with E-state index in [-0.39, 0.29) is 0 Å². The van der Waals surface area contributed by atoms with Crippen LogP contribution in [0.5, 0.6) is 0 Å². The summed E-state index contributed by atoms with van der Waals surface area (Å²) in [5.41, 5.74) is 3.98. The van der Waals surface area contributed by atoms with Gasteiger partial charge in [0, 0.05) is 0 Å². The second kappa shape index (κ2) is 2.41. The van der Waals surface area contributed by atoms with E-state index >= 15 is 0 Å². The minimum Gasteiger partial charge on any atom is -0.0493 e. The highest BCUT2D eigenvalue weighted by Crippen LogP contribution is 3.17. The van der Waals surface area contributed by atoms with Crippen molar-refractivity contribution in [3.05, 3.63) is 0 Å². The summed E-state index contributed by atoms with van der Waals surface area (Å²) in [7, 11) is 0. The molecule has 0 nitrogen and oxygen atoms in total. The summed E-state index contributed by atoms with van der Waals surface area (Å²) in [5.74, 6) is 15.3. The first-order valence-electron chi connectivity index (χ1n) is 11.9. The molecular formula is C24H28. The standard InChI is InChI=1S/C24H28/c1-2-10-18-13-5-3-11-17(18)9(1)21-12-4-6-15-20-16-8-7-14(19(12)20)22(10,21)24(13,16)23(11,15)21/h9-20H,1-8H2. The Morgan fingerprint density at radius 3 is 0.625 bits per heavy atom. The van der Waals surface area contributed by atoms with Crippen LogP contribution in [0.2, 0.25) is 0 Å². The van der Waals surface area contributed by atoms with Crippen LogP contribution in [0.4, 0.5) is 0 Å². The lowest BCUT2D eigenvalue weighted by molar-refractivity contribution is -0.421. The summed E-state index contributed by atoms with van der Waals surface area (Å²) in [4.78, 5) is 0. The molecule has 0 aromatic carbocycles. The Bertz CT molecular complexity index is 620. The molecule has 0 saturated heterocycles. The highest BCUT2D eigenvalue weighted by atomic mass is 15.2. The third-order valence-electron chi connectivity index (χ3n) is 15.2. The molecule has 124 valence electrons. The van der Waals surface area contributed by atoms with Crippen molar-refractivity contribution in [2.24, 2.45) is 92.7 Å². The van der Waals surface area contributed by atoms with Crippen LogP contribution < -0.4 is 0 Å². The van der Waals surface area contributed by atoms with Gasteiger partial charge in [-0.15, -0.1) is 0 Å². The van der Waals surface area contributed by atoms with Gasteiger partial charge in [0.25, 0.3) is 0 Å². The summed E-state index contributed by atoms with van der Waals surface area (Å²) in [5, 5.41) is 0. The molecule has 8 unspecified atom stereocenters. The van der Waals surface area contributed by atoms with Crippen molar-refractivity contribution in [2.45, 2.75) is 51.4 Å². The van der Waals surface area contributed by atoms with Gasteiger partial charge in [-0.2, -0.15) is 0 Å². The van der Waals surface area contributed by atoms with Gasteiger partial charge >= 0.3 is 0 Å². The SMILES string of the molecule is C1CC2C3C4C1C15C6CCC7C8C6C6CCC8C8(C3CCC4C718)C625. The Hall–Kier alpha value is 0. The van der Waals surface area contributed by atoms with Crippen molar-refractivity contribution in [1.82, 2.24) is 0 Å². The number of rotatable bonds is 0. The number of hydrogen-bond donors (Lipinski definition) is 0. The Balaban J connectivity index is 1.48. The maximum absolute atomic E-state index is 1.71. The first-order chi connectivity index (χ1) is 11.9. The molecule has 24 heavy (non-hydrogen) atoms. The Kier molecular flexibility index (Phi) is 1.10. The van der Waals surface area contributed by atoms with Gasteiger partial charge in [-0.3, -0.25) is 0 Å². The molecule has 14 aliphatic rings. The zero-order valence-corrected chi connectivity index (χ0v) is 14.6. The van der Waals surface area contributed by atoms with Gasteiger partial charge < -0.3 is 0 Å². The highest BCUT2D eigenvalue weighted by Gasteiger charge is 3.14. The fourth-order valence-corrected chi connectivity index (χ4v) is 17.8. The van der Waals surface area contributed by atoms with Gasteiger partial charge in [-0.25, -0.2) is 0 Å². The minimum absolute atomic E-state index is 0.994. The van der Waals surface area contributed by atoms with Gasteiger partial charge in [0.05, 0.1) is 0 Å². The molecule has 0 heterocycles. The van der Waals surface area contributed by atoms with Crippen LogP contribution in [-0.2, 0) is 0 Å². The Morgan fingerprint density at radius 1 is 0.292 bits per heavy atom. The van der Waals surface area contributed by atoms with E-state index in [2.05, 4.69) is 0 Å². The maximum Gasteiger partial charge on any atom is -0.00998 e. The molecule has 4 spiro atoms. The molecule has 0 amide bonds. The van der Waals surface area contributed by atoms with Gasteiger partial charge in [0.1, 0.15) is 0 Å². The predicted octanol–water partition coefficient (Wildman–Crippen LogP) is 4.60. The van der Waals surface area contributed by atoms with Crippen LogP contribution in [0.15, 0.2) is 0 Å². The topological polar surface area (TPSA) is 0 Å². The van der Waals surface area contributed by atoms with Gasteiger partial charge in [0.2, 0.25) is 0 Å². The number of fused-ring (bicyclic) bond motifs is 3. The second-order valence-electron chi connectivity index (χ2n) is 12.9. The molecule has 0 aromatic heterocycles. The average Bonchev–Trinajstić information content (AvgIpc) is 3.19. The smallest absolute Gasteiger partial charge is 0.00998 e. The average molecular weight is 316 g/mol. The third-order valence-corrected chi connectivity index (χ3v) is 15.2. The molecule has 14 aliphatic carbocycles. The summed E-state index contributed by atoms with van der Waals surface area (Å²) in [6, 6.07) is 0. The molecule has 14 rings (SSSR count). The monoisotopic (exact) mass is 316 g/mol. The molecule has 12 bridgehead atoms. The van der Waals surface area contributed by atoms with Crippen molar-refractivity contribution in [2.75, 3.05) is 0 Å². The van der Waals surface area contributed by atoms with Gasteiger partial charge in [-0.1, -0.05) is 0 Å². The van der Waals surface area contributed by atoms with Crippen molar-refractivity contribution in [3.63, 3.8) is 0 Å². The van der Waals surface area contributed by atoms with Crippen molar-refractivity contribution >= 4 is 0 Å². The predicted molar refractivity (Wildman–Crippen MR) is 88.5 cm³/mol. The first-order valence-corrected chi connectivity index (χ1v) is 11.9. The largest absolute Gasteiger partial charge is 0.0493 e. The maximum atomic E-state index is 1.71. The molecule has 0 heteroatoms. The lowest BCUT2D eigenvalue weighted by Crippen LogP contribution is -2.85. The molecule has 14 saturated carbocycles. The Labute approximate surface area is 144 Å². The van der Waals surface area contributed by atoms with E-state index < -0.39 is 0 Å². The van der Waals surface area contributed by atoms with Gasteiger partial charge in [0.15, 0.2) is 0 Å². The molecule has 8 atom stereocenters. The lowest BCUT2D eigenvalue weighted by Gasteiger charge is -2.88. The van der Waals surface area contributed by atoms with E-state index in [9.17, 15) is 0 Å². The minimum atomic E-state index is 0.994. The second-order valence-corrected chi connectivity index (χ2v) is 12.9. The van der Waals surface area contributed by atoms with Crippen LogP contribution in [-0.4, -0.2) is 0 Å². The zero-order valence-electron chi connectivity index (χ0n) is 14.6. The van der Waals surface area contributed by atoms with Crippen LogP contribution >= 0.6 is 0 Å². The normalized spacial score (nSPS) is 94.0. The third kappa shape index (κ3) is 0.468. The first kappa shape index (κ1) is 11.0. The van der Waals surface area contributed by atoms with Crippen LogP contribution in [0.25, 0.3) is 0 Å². The lowest BCUT2D eigenvalue weighted by atomic mass is 9.15. The molecule has 0 aliphatic heterocycles. The zero-order chi connectivity index (χ0) is 14.6. The molecule has 0 radical (unpaired) electrons. The Morgan fingerprint density at radius 2 is 0.458 bits per heavy atom. The van der Waals surface area contributed by atoms with E-state index in [1.807, 2.05) is 0 Å². The molecule has 14 fully saturated rings. The molecule has 0 aromatic rings. The summed E-state index contributed by atoms with van der Waals surface area (Å²) in [6.07, 6.45) is 13.7. The van der Waals surface area contributed by atoms with Crippen LogP contribution in [0, 0.1) is 92.7 Å². The molecular weight excluding hydrogens is 288 g/mol. The quantitative estimate of drug-likeness (QED) is 0.613. The van der Waals surface area contributed by atoms with Crippen molar-refractivity contribution in [1.29, 1.82) is 0 Å². The van der Waals surface area contributed by atoms with E-state index in [4.69, 9.17) is 0 Å². The number of hydrogen-bond acceptors (Lipinski definition) is 0. The fraction of sp³-hybridized carbons (Fsp3) is 1.00. The molecule has 0 N–H and O–H groups in total. The summed E-state index contributed by atoms with van der Waals surface area (Å²) >= 11 is 0. The van der Waals surface area contributed by atoms with E-state index in [1.54, 1.807) is 51.4 Å². The fourth-order valence-electron chi connectivity index (χ4n) is 17.8. The van der Waals surface area contributed by atoms with Crippen molar-refractivity contribution in [3.8, 4) is 0 Å². The van der Waals surface area contributed by atoms with E-state index in [1.165, 1.54) is 71.0 Å². The van der Waals surface area contributed by atoms with E-state index in [0.29, 0.717) is 0 Å². The van der Waals surface area contributed by atoms with E-state index in [0.717, 1.165) is 21.7 Å². The van der Waals surface area contributed by atoms with Crippen LogP contribution in [0.3, 0.4) is 0 Å².